The third-order valence-electron chi connectivity index (χ3n) is 3.76. The summed E-state index contributed by atoms with van der Waals surface area (Å²) in [7, 11) is -3.87. The van der Waals surface area contributed by atoms with E-state index >= 15 is 0 Å². The molecule has 0 aliphatic carbocycles. The number of non-ortho nitro benzene ring substituents is 1. The van der Waals surface area contributed by atoms with E-state index in [-0.39, 0.29) is 17.9 Å². The van der Waals surface area contributed by atoms with Crippen LogP contribution in [0.2, 0.25) is 0 Å². The van der Waals surface area contributed by atoms with Crippen LogP contribution < -0.4 is 9.62 Å². The van der Waals surface area contributed by atoms with Crippen LogP contribution in [0.5, 0.6) is 0 Å². The largest absolute Gasteiger partial charge is 0.350 e. The summed E-state index contributed by atoms with van der Waals surface area (Å²) in [5.74, 6) is -1.01. The lowest BCUT2D eigenvalue weighted by atomic mass is 10.2. The maximum absolute atomic E-state index is 12.9. The van der Waals surface area contributed by atoms with Crippen molar-refractivity contribution in [3.8, 4) is 0 Å². The molecule has 144 valence electrons. The maximum Gasteiger partial charge on any atom is 0.271 e. The molecular weight excluding hydrogens is 377 g/mol. The summed E-state index contributed by atoms with van der Waals surface area (Å²) in [6.45, 7) is 1.14. The van der Waals surface area contributed by atoms with E-state index in [9.17, 15) is 27.7 Å². The van der Waals surface area contributed by atoms with E-state index < -0.39 is 33.2 Å². The van der Waals surface area contributed by atoms with E-state index in [1.165, 1.54) is 36.4 Å². The summed E-state index contributed by atoms with van der Waals surface area (Å²) in [5, 5.41) is 13.5. The quantitative estimate of drug-likeness (QED) is 0.570. The van der Waals surface area contributed by atoms with Crippen LogP contribution in [-0.4, -0.2) is 32.0 Å². The number of carbonyl (C=O) groups excluding carboxylic acids is 1. The maximum atomic E-state index is 12.9. The van der Waals surface area contributed by atoms with Crippen molar-refractivity contribution in [3.05, 3.63) is 69.5 Å². The summed E-state index contributed by atoms with van der Waals surface area (Å²) in [6, 6.07) is 9.27. The first kappa shape index (κ1) is 20.3. The predicted molar refractivity (Wildman–Crippen MR) is 98.3 cm³/mol. The lowest BCUT2D eigenvalue weighted by Gasteiger charge is -2.23. The number of nitrogens with one attached hydrogen (secondary N) is 1. The molecule has 0 fully saturated rings. The van der Waals surface area contributed by atoms with Crippen LogP contribution in [-0.2, 0) is 21.4 Å². The first-order valence-electron chi connectivity index (χ1n) is 7.82. The summed E-state index contributed by atoms with van der Waals surface area (Å²) in [4.78, 5) is 22.6. The predicted octanol–water partition coefficient (Wildman–Crippen LogP) is 2.12. The number of rotatable bonds is 7. The van der Waals surface area contributed by atoms with Crippen molar-refractivity contribution in [1.29, 1.82) is 0 Å². The van der Waals surface area contributed by atoms with Crippen LogP contribution in [0, 0.1) is 22.9 Å². The van der Waals surface area contributed by atoms with Crippen LogP contribution >= 0.6 is 0 Å². The van der Waals surface area contributed by atoms with Gasteiger partial charge in [0.15, 0.2) is 0 Å². The van der Waals surface area contributed by atoms with Crippen LogP contribution in [0.4, 0.5) is 15.8 Å². The molecule has 0 saturated carbocycles. The molecule has 0 aliphatic rings. The molecule has 0 radical (unpaired) electrons. The van der Waals surface area contributed by atoms with Gasteiger partial charge in [-0.05, 0) is 30.2 Å². The monoisotopic (exact) mass is 395 g/mol. The molecule has 2 aromatic rings. The minimum atomic E-state index is -3.87. The standard InChI is InChI=1S/C17H18FN3O5S/c1-12-3-8-15(21(23)24)9-16(12)20(27(2,25)26)11-17(22)19-10-13-4-6-14(18)7-5-13/h3-9H,10-11H2,1-2H3,(H,19,22). The van der Waals surface area contributed by atoms with Crippen molar-refractivity contribution in [1.82, 2.24) is 5.32 Å². The minimum absolute atomic E-state index is 0.0589. The molecule has 2 aromatic carbocycles. The summed E-state index contributed by atoms with van der Waals surface area (Å²) < 4.78 is 38.0. The fourth-order valence-corrected chi connectivity index (χ4v) is 3.26. The zero-order chi connectivity index (χ0) is 20.2. The Morgan fingerprint density at radius 3 is 2.41 bits per heavy atom. The van der Waals surface area contributed by atoms with Gasteiger partial charge in [0.25, 0.3) is 5.69 Å². The van der Waals surface area contributed by atoms with E-state index in [0.717, 1.165) is 16.6 Å². The molecule has 0 saturated heterocycles. The van der Waals surface area contributed by atoms with Gasteiger partial charge in [-0.15, -0.1) is 0 Å². The van der Waals surface area contributed by atoms with Gasteiger partial charge >= 0.3 is 0 Å². The number of aryl methyl sites for hydroxylation is 1. The fraction of sp³-hybridized carbons (Fsp3) is 0.235. The topological polar surface area (TPSA) is 110 Å². The Kier molecular flexibility index (Phi) is 6.11. The van der Waals surface area contributed by atoms with Crippen molar-refractivity contribution >= 4 is 27.3 Å². The molecule has 0 spiro atoms. The highest BCUT2D eigenvalue weighted by Crippen LogP contribution is 2.27. The number of nitrogens with zero attached hydrogens (tertiary/aromatic N) is 2. The molecule has 1 amide bonds. The second kappa shape index (κ2) is 8.12. The average Bonchev–Trinajstić information content (AvgIpc) is 2.58. The van der Waals surface area contributed by atoms with Crippen LogP contribution in [0.1, 0.15) is 11.1 Å². The van der Waals surface area contributed by atoms with E-state index in [4.69, 9.17) is 0 Å². The third kappa shape index (κ3) is 5.48. The number of nitro groups is 1. The van der Waals surface area contributed by atoms with E-state index in [2.05, 4.69) is 5.32 Å². The Labute approximate surface area is 155 Å². The van der Waals surface area contributed by atoms with Gasteiger partial charge in [0.05, 0.1) is 16.9 Å². The molecule has 8 nitrogen and oxygen atoms in total. The van der Waals surface area contributed by atoms with Gasteiger partial charge in [-0.2, -0.15) is 0 Å². The van der Waals surface area contributed by atoms with Crippen molar-refractivity contribution in [2.45, 2.75) is 13.5 Å². The second-order valence-corrected chi connectivity index (χ2v) is 7.81. The molecule has 27 heavy (non-hydrogen) atoms. The van der Waals surface area contributed by atoms with Gasteiger partial charge in [-0.25, -0.2) is 12.8 Å². The van der Waals surface area contributed by atoms with Gasteiger partial charge in [-0.3, -0.25) is 19.2 Å². The Morgan fingerprint density at radius 1 is 1.22 bits per heavy atom. The first-order valence-corrected chi connectivity index (χ1v) is 9.66. The molecule has 2 rings (SSSR count). The number of carbonyl (C=O) groups is 1. The first-order chi connectivity index (χ1) is 12.6. The Bertz CT molecular complexity index is 961. The lowest BCUT2D eigenvalue weighted by Crippen LogP contribution is -2.40. The zero-order valence-corrected chi connectivity index (χ0v) is 15.5. The molecule has 1 N–H and O–H groups in total. The molecule has 0 bridgehead atoms. The van der Waals surface area contributed by atoms with Crippen molar-refractivity contribution in [2.75, 3.05) is 17.1 Å². The molecule has 0 atom stereocenters. The van der Waals surface area contributed by atoms with Gasteiger partial charge < -0.3 is 5.32 Å². The van der Waals surface area contributed by atoms with Gasteiger partial charge in [0.2, 0.25) is 15.9 Å². The molecule has 0 heterocycles. The highest BCUT2D eigenvalue weighted by molar-refractivity contribution is 7.92. The second-order valence-electron chi connectivity index (χ2n) is 5.90. The summed E-state index contributed by atoms with van der Waals surface area (Å²) >= 11 is 0. The molecule has 0 unspecified atom stereocenters. The highest BCUT2D eigenvalue weighted by atomic mass is 32.2. The molecule has 0 aromatic heterocycles. The van der Waals surface area contributed by atoms with E-state index in [1.54, 1.807) is 6.92 Å². The number of hydrogen-bond acceptors (Lipinski definition) is 5. The molecule has 0 aliphatic heterocycles. The number of benzene rings is 2. The highest BCUT2D eigenvalue weighted by Gasteiger charge is 2.24. The van der Waals surface area contributed by atoms with Gasteiger partial charge in [0.1, 0.15) is 12.4 Å². The number of hydrogen-bond donors (Lipinski definition) is 1. The smallest absolute Gasteiger partial charge is 0.271 e. The lowest BCUT2D eigenvalue weighted by molar-refractivity contribution is -0.384. The normalized spacial score (nSPS) is 11.1. The van der Waals surface area contributed by atoms with Crippen LogP contribution in [0.15, 0.2) is 42.5 Å². The van der Waals surface area contributed by atoms with Crippen molar-refractivity contribution < 1.29 is 22.5 Å². The average molecular weight is 395 g/mol. The fourth-order valence-electron chi connectivity index (χ4n) is 2.35. The van der Waals surface area contributed by atoms with Crippen LogP contribution in [0.25, 0.3) is 0 Å². The number of sulfonamides is 1. The van der Waals surface area contributed by atoms with Crippen molar-refractivity contribution in [2.24, 2.45) is 0 Å². The van der Waals surface area contributed by atoms with E-state index in [1.807, 2.05) is 0 Å². The van der Waals surface area contributed by atoms with Gasteiger partial charge in [0, 0.05) is 18.7 Å². The zero-order valence-electron chi connectivity index (χ0n) is 14.7. The summed E-state index contributed by atoms with van der Waals surface area (Å²) in [6.07, 6.45) is 0.915. The Balaban J connectivity index is 2.20. The Morgan fingerprint density at radius 2 is 1.85 bits per heavy atom. The Hall–Kier alpha value is -3.01. The number of amides is 1. The van der Waals surface area contributed by atoms with Crippen molar-refractivity contribution in [3.63, 3.8) is 0 Å². The summed E-state index contributed by atoms with van der Waals surface area (Å²) in [5.41, 5.74) is 0.888. The minimum Gasteiger partial charge on any atom is -0.350 e. The SMILES string of the molecule is Cc1ccc([N+](=O)[O-])cc1N(CC(=O)NCc1ccc(F)cc1)S(C)(=O)=O. The third-order valence-corrected chi connectivity index (χ3v) is 4.89. The van der Waals surface area contributed by atoms with E-state index in [0.29, 0.717) is 11.1 Å². The number of anilines is 1. The molecule has 10 heteroatoms. The molecular formula is C17H18FN3O5S. The van der Waals surface area contributed by atoms with Crippen LogP contribution in [0.3, 0.4) is 0 Å². The number of halogens is 1. The van der Waals surface area contributed by atoms with Gasteiger partial charge in [-0.1, -0.05) is 18.2 Å². The number of nitro benzene ring substituents is 1.